The van der Waals surface area contributed by atoms with Crippen LogP contribution in [0.15, 0.2) is 73.2 Å². The minimum absolute atomic E-state index is 0.0504. The van der Waals surface area contributed by atoms with Gasteiger partial charge in [-0.1, -0.05) is 25.1 Å². The molecule has 0 saturated heterocycles. The molecule has 6 aromatic rings. The van der Waals surface area contributed by atoms with Crippen LogP contribution in [-0.4, -0.2) is 51.5 Å². The minimum atomic E-state index is -3.18. The number of pyridine rings is 2. The number of nitrogens with one attached hydrogen (secondary N) is 3. The zero-order chi connectivity index (χ0) is 29.4. The summed E-state index contributed by atoms with van der Waals surface area (Å²) in [5.41, 5.74) is 7.14. The Morgan fingerprint density at radius 2 is 1.83 bits per heavy atom. The molecule has 9 nitrogen and oxygen atoms in total. The number of hydrogen-bond acceptors (Lipinski definition) is 6. The molecule has 0 radical (unpaired) electrons. The number of hydrogen-bond donors (Lipinski definition) is 3. The van der Waals surface area contributed by atoms with E-state index in [9.17, 15) is 17.6 Å². The molecule has 0 fully saturated rings. The van der Waals surface area contributed by atoms with Crippen LogP contribution >= 0.6 is 0 Å². The molecule has 0 spiro atoms. The molecule has 0 atom stereocenters. The van der Waals surface area contributed by atoms with Gasteiger partial charge in [0.15, 0.2) is 0 Å². The second kappa shape index (κ2) is 10.8. The number of carbonyl (C=O) groups is 1. The Balaban J connectivity index is 1.39. The smallest absolute Gasteiger partial charge is 0.224 e. The van der Waals surface area contributed by atoms with Crippen molar-refractivity contribution < 1.29 is 17.6 Å². The van der Waals surface area contributed by atoms with Crippen LogP contribution in [0.25, 0.3) is 55.6 Å². The zero-order valence-electron chi connectivity index (χ0n) is 22.9. The standard InChI is InChI=1S/C31H27FN6O3S/c1-3-30(39)35-22-12-20(15-33-16-22)27-14-25-29(17-34-27)37-38-31(25)28-13-24-23(5-4-6-26(24)36-28)19-9-18(10-21(32)11-19)7-8-42(2,40)41/h4-6,9-17,36H,3,7-8H2,1-2H3,(H,35,39)(H,37,38). The highest BCUT2D eigenvalue weighted by Crippen LogP contribution is 2.35. The van der Waals surface area contributed by atoms with Crippen LogP contribution in [0.1, 0.15) is 18.9 Å². The number of nitrogens with zero attached hydrogens (tertiary/aromatic N) is 3. The summed E-state index contributed by atoms with van der Waals surface area (Å²) in [5, 5.41) is 12.1. The number of H-pyrrole nitrogens is 2. The summed E-state index contributed by atoms with van der Waals surface area (Å²) in [6, 6.07) is 16.1. The molecule has 0 saturated carbocycles. The molecule has 4 aromatic heterocycles. The van der Waals surface area contributed by atoms with Crippen LogP contribution in [0.3, 0.4) is 0 Å². The quantitative estimate of drug-likeness (QED) is 0.204. The van der Waals surface area contributed by atoms with E-state index in [1.54, 1.807) is 25.5 Å². The van der Waals surface area contributed by atoms with E-state index in [-0.39, 0.29) is 18.1 Å². The summed E-state index contributed by atoms with van der Waals surface area (Å²) in [4.78, 5) is 24.1. The summed E-state index contributed by atoms with van der Waals surface area (Å²) in [6.45, 7) is 1.78. The number of sulfone groups is 1. The summed E-state index contributed by atoms with van der Waals surface area (Å²) in [5.74, 6) is -0.573. The first-order valence-corrected chi connectivity index (χ1v) is 15.4. The fourth-order valence-electron chi connectivity index (χ4n) is 4.97. The van der Waals surface area contributed by atoms with Gasteiger partial charge >= 0.3 is 0 Å². The van der Waals surface area contributed by atoms with Gasteiger partial charge in [-0.15, -0.1) is 0 Å². The van der Waals surface area contributed by atoms with E-state index in [1.807, 2.05) is 42.5 Å². The van der Waals surface area contributed by atoms with Gasteiger partial charge in [0.1, 0.15) is 21.3 Å². The summed E-state index contributed by atoms with van der Waals surface area (Å²) in [6.07, 6.45) is 6.76. The maximum Gasteiger partial charge on any atom is 0.224 e. The third kappa shape index (κ3) is 5.64. The first-order valence-electron chi connectivity index (χ1n) is 13.4. The Morgan fingerprint density at radius 3 is 2.64 bits per heavy atom. The highest BCUT2D eigenvalue weighted by molar-refractivity contribution is 7.90. The third-order valence-corrected chi connectivity index (χ3v) is 7.98. The molecule has 0 bridgehead atoms. The monoisotopic (exact) mass is 582 g/mol. The van der Waals surface area contributed by atoms with Gasteiger partial charge in [0.25, 0.3) is 0 Å². The molecule has 0 aliphatic heterocycles. The number of rotatable bonds is 8. The summed E-state index contributed by atoms with van der Waals surface area (Å²) < 4.78 is 37.9. The van der Waals surface area contributed by atoms with Crippen LogP contribution < -0.4 is 5.32 Å². The van der Waals surface area contributed by atoms with E-state index < -0.39 is 15.7 Å². The first-order chi connectivity index (χ1) is 20.2. The fourth-order valence-corrected chi connectivity index (χ4v) is 5.57. The Hall–Kier alpha value is -4.90. The average Bonchev–Trinajstić information content (AvgIpc) is 3.59. The van der Waals surface area contributed by atoms with Gasteiger partial charge in [0.05, 0.1) is 40.7 Å². The van der Waals surface area contributed by atoms with Crippen molar-refractivity contribution in [3.8, 4) is 33.8 Å². The Morgan fingerprint density at radius 1 is 0.976 bits per heavy atom. The van der Waals surface area contributed by atoms with E-state index in [1.165, 1.54) is 18.4 Å². The van der Waals surface area contributed by atoms with Crippen molar-refractivity contribution in [1.29, 1.82) is 0 Å². The molecule has 0 unspecified atom stereocenters. The van der Waals surface area contributed by atoms with Crippen molar-refractivity contribution in [2.24, 2.45) is 0 Å². The van der Waals surface area contributed by atoms with Crippen LogP contribution in [0.5, 0.6) is 0 Å². The number of aromatic amines is 2. The van der Waals surface area contributed by atoms with E-state index >= 15 is 0 Å². The average molecular weight is 583 g/mol. The van der Waals surface area contributed by atoms with Crippen LogP contribution in [0.2, 0.25) is 0 Å². The molecule has 6 rings (SSSR count). The van der Waals surface area contributed by atoms with Crippen molar-refractivity contribution in [2.45, 2.75) is 19.8 Å². The lowest BCUT2D eigenvalue weighted by atomic mass is 9.98. The van der Waals surface area contributed by atoms with Crippen LogP contribution in [0.4, 0.5) is 10.1 Å². The largest absolute Gasteiger partial charge is 0.353 e. The number of fused-ring (bicyclic) bond motifs is 2. The number of halogens is 1. The molecular formula is C31H27FN6O3S. The predicted octanol–water partition coefficient (Wildman–Crippen LogP) is 5.91. The lowest BCUT2D eigenvalue weighted by Crippen LogP contribution is -2.09. The number of carbonyl (C=O) groups excluding carboxylic acids is 1. The number of amides is 1. The topological polar surface area (TPSA) is 133 Å². The molecular weight excluding hydrogens is 555 g/mol. The Bertz CT molecular complexity index is 2080. The van der Waals surface area contributed by atoms with Crippen LogP contribution in [0, 0.1) is 5.82 Å². The Kier molecular flexibility index (Phi) is 7.03. The highest BCUT2D eigenvalue weighted by Gasteiger charge is 2.16. The lowest BCUT2D eigenvalue weighted by molar-refractivity contribution is -0.115. The zero-order valence-corrected chi connectivity index (χ0v) is 23.7. The molecule has 11 heteroatoms. The second-order valence-corrected chi connectivity index (χ2v) is 12.5. The molecule has 4 heterocycles. The number of aromatic nitrogens is 5. The normalized spacial score (nSPS) is 11.8. The molecule has 1 amide bonds. The van der Waals surface area contributed by atoms with Crippen molar-refractivity contribution in [3.63, 3.8) is 0 Å². The van der Waals surface area contributed by atoms with E-state index in [0.717, 1.165) is 38.6 Å². The van der Waals surface area contributed by atoms with E-state index in [2.05, 4.69) is 30.5 Å². The van der Waals surface area contributed by atoms with Crippen LogP contribution in [-0.2, 0) is 21.1 Å². The second-order valence-electron chi connectivity index (χ2n) is 10.2. The maximum atomic E-state index is 14.6. The lowest BCUT2D eigenvalue weighted by Gasteiger charge is -2.08. The minimum Gasteiger partial charge on any atom is -0.353 e. The highest BCUT2D eigenvalue weighted by atomic mass is 32.2. The van der Waals surface area contributed by atoms with Gasteiger partial charge < -0.3 is 10.3 Å². The summed E-state index contributed by atoms with van der Waals surface area (Å²) >= 11 is 0. The molecule has 0 aliphatic carbocycles. The number of benzene rings is 2. The summed E-state index contributed by atoms with van der Waals surface area (Å²) in [7, 11) is -3.18. The predicted molar refractivity (Wildman–Crippen MR) is 162 cm³/mol. The first kappa shape index (κ1) is 27.3. The number of anilines is 1. The van der Waals surface area contributed by atoms with Crippen molar-refractivity contribution in [3.05, 3.63) is 84.6 Å². The third-order valence-electron chi connectivity index (χ3n) is 7.04. The molecule has 0 aliphatic rings. The van der Waals surface area contributed by atoms with E-state index in [0.29, 0.717) is 34.6 Å². The molecule has 3 N–H and O–H groups in total. The van der Waals surface area contributed by atoms with Crippen molar-refractivity contribution >= 4 is 43.2 Å². The molecule has 2 aromatic carbocycles. The SMILES string of the molecule is CCC(=O)Nc1cncc(-c2cc3c(-c4cc5c(-c6cc(F)cc(CCS(C)(=O)=O)c6)cccc5[nH]4)n[nH]c3cn2)c1. The fraction of sp³-hybridized carbons (Fsp3) is 0.161. The number of aryl methyl sites for hydroxylation is 1. The van der Waals surface area contributed by atoms with Crippen molar-refractivity contribution in [2.75, 3.05) is 17.3 Å². The van der Waals surface area contributed by atoms with Gasteiger partial charge in [0.2, 0.25) is 5.91 Å². The van der Waals surface area contributed by atoms with Gasteiger partial charge in [-0.25, -0.2) is 12.8 Å². The van der Waals surface area contributed by atoms with Gasteiger partial charge in [-0.2, -0.15) is 5.10 Å². The molecule has 42 heavy (non-hydrogen) atoms. The van der Waals surface area contributed by atoms with Crippen molar-refractivity contribution in [1.82, 2.24) is 25.1 Å². The van der Waals surface area contributed by atoms with Gasteiger partial charge in [-0.05, 0) is 59.5 Å². The van der Waals surface area contributed by atoms with E-state index in [4.69, 9.17) is 0 Å². The van der Waals surface area contributed by atoms with Gasteiger partial charge in [0, 0.05) is 40.7 Å². The maximum absolute atomic E-state index is 14.6. The van der Waals surface area contributed by atoms with Gasteiger partial charge in [-0.3, -0.25) is 19.9 Å². The molecule has 212 valence electrons. The Labute approximate surface area is 241 Å².